The van der Waals surface area contributed by atoms with E-state index in [1.54, 1.807) is 0 Å². The molecule has 0 amide bonds. The van der Waals surface area contributed by atoms with Crippen LogP contribution in [-0.2, 0) is 10.8 Å². The predicted molar refractivity (Wildman–Crippen MR) is 336 cm³/mol. The normalized spacial score (nSPS) is 11.5. The largest absolute Gasteiger partial charge is 0.0701 e. The van der Waals surface area contributed by atoms with Gasteiger partial charge in [-0.15, -0.1) is 0 Å². The quantitative estimate of drug-likeness (QED) is 0.0953. The van der Waals surface area contributed by atoms with Crippen molar-refractivity contribution < 1.29 is 0 Å². The molecule has 0 radical (unpaired) electrons. The van der Waals surface area contributed by atoms with Gasteiger partial charge in [-0.3, -0.25) is 0 Å². The molecule has 0 saturated carbocycles. The predicted octanol–water partition coefficient (Wildman–Crippen LogP) is 20.5. The lowest BCUT2D eigenvalue weighted by atomic mass is 9.62. The van der Waals surface area contributed by atoms with Crippen LogP contribution in [0.5, 0.6) is 0 Å². The van der Waals surface area contributed by atoms with Crippen LogP contribution in [0.15, 0.2) is 352 Å². The Morgan fingerprint density at radius 3 is 0.325 bits per heavy atom. The minimum Gasteiger partial charge on any atom is -0.0622 e. The molecule has 0 aliphatic carbocycles. The second kappa shape index (κ2) is 22.1. The molecule has 0 nitrogen and oxygen atoms in total. The summed E-state index contributed by atoms with van der Waals surface area (Å²) < 4.78 is 0. The summed E-state index contributed by atoms with van der Waals surface area (Å²) in [7, 11) is 0. The van der Waals surface area contributed by atoms with Crippen LogP contribution in [0, 0.1) is 0 Å². The van der Waals surface area contributed by atoms with Gasteiger partial charge in [-0.1, -0.05) is 352 Å². The number of hydrogen-bond donors (Lipinski definition) is 0. The second-order valence-corrected chi connectivity index (χ2v) is 20.7. The summed E-state index contributed by atoms with van der Waals surface area (Å²) in [6.07, 6.45) is 0. The summed E-state index contributed by atoms with van der Waals surface area (Å²) in [5, 5.41) is 0. The number of benzene rings is 13. The Morgan fingerprint density at radius 2 is 0.200 bits per heavy atom. The summed E-state index contributed by atoms with van der Waals surface area (Å²) >= 11 is 0. The van der Waals surface area contributed by atoms with Crippen molar-refractivity contribution in [1.29, 1.82) is 0 Å². The van der Waals surface area contributed by atoms with Crippen molar-refractivity contribution in [3.8, 4) is 66.8 Å². The molecule has 0 unspecified atom stereocenters. The van der Waals surface area contributed by atoms with Gasteiger partial charge >= 0.3 is 0 Å². The third kappa shape index (κ3) is 9.38. The summed E-state index contributed by atoms with van der Waals surface area (Å²) in [5.74, 6) is 0. The molecular formula is C80H58. The first-order valence-electron chi connectivity index (χ1n) is 27.7. The molecule has 13 aromatic carbocycles. The van der Waals surface area contributed by atoms with E-state index in [0.29, 0.717) is 0 Å². The zero-order valence-electron chi connectivity index (χ0n) is 44.5. The Kier molecular flexibility index (Phi) is 13.6. The molecule has 0 atom stereocenters. The number of hydrogen-bond acceptors (Lipinski definition) is 0. The van der Waals surface area contributed by atoms with Gasteiger partial charge in [-0.2, -0.15) is 0 Å². The van der Waals surface area contributed by atoms with Crippen molar-refractivity contribution >= 4 is 0 Å². The van der Waals surface area contributed by atoms with E-state index in [-0.39, 0.29) is 0 Å². The van der Waals surface area contributed by atoms with Gasteiger partial charge in [-0.25, -0.2) is 0 Å². The molecular weight excluding hydrogens is 961 g/mol. The van der Waals surface area contributed by atoms with Crippen LogP contribution >= 0.6 is 0 Å². The summed E-state index contributed by atoms with van der Waals surface area (Å²) in [4.78, 5) is 0. The minimum atomic E-state index is -0.743. The molecule has 0 saturated heterocycles. The molecule has 13 aromatic rings. The van der Waals surface area contributed by atoms with Crippen molar-refractivity contribution in [1.82, 2.24) is 0 Å². The van der Waals surface area contributed by atoms with E-state index >= 15 is 0 Å². The highest BCUT2D eigenvalue weighted by atomic mass is 14.4. The molecule has 0 fully saturated rings. The maximum Gasteiger partial charge on any atom is 0.0701 e. The van der Waals surface area contributed by atoms with E-state index in [2.05, 4.69) is 352 Å². The van der Waals surface area contributed by atoms with E-state index in [1.807, 2.05) is 0 Å². The molecule has 0 heteroatoms. The average molecular weight is 1020 g/mol. The van der Waals surface area contributed by atoms with Gasteiger partial charge in [-0.05, 0) is 111 Å². The van der Waals surface area contributed by atoms with E-state index in [4.69, 9.17) is 0 Å². The molecule has 0 aliphatic rings. The standard InChI is InChI=1S/C80H58/c1-7-19-59(20-8-1)65-31-43-71(44-32-65)79(72-45-33-66(34-46-72)60-21-9-2-10-22-60,73-47-35-67(36-48-73)61-23-11-3-12-24-61)77-55-57-78(58-56-77)80(74-49-37-68(38-50-74)62-25-13-4-14-26-62,75-51-39-69(40-52-75)63-27-15-5-16-28-63)76-53-41-70(42-54-76)64-29-17-6-18-30-64/h1-58H. The van der Waals surface area contributed by atoms with Crippen LogP contribution < -0.4 is 0 Å². The van der Waals surface area contributed by atoms with Gasteiger partial charge in [0, 0.05) is 0 Å². The van der Waals surface area contributed by atoms with E-state index in [0.717, 1.165) is 0 Å². The van der Waals surface area contributed by atoms with Crippen LogP contribution in [0.3, 0.4) is 0 Å². The SMILES string of the molecule is c1ccc(-c2ccc(C(c3ccc(-c4ccccc4)cc3)(c3ccc(-c4ccccc4)cc3)c3ccc(C(c4ccc(-c5ccccc5)cc4)(c4ccc(-c5ccccc5)cc4)c4ccc(-c5ccccc5)cc4)cc3)cc2)cc1. The van der Waals surface area contributed by atoms with Crippen molar-refractivity contribution in [3.63, 3.8) is 0 Å². The van der Waals surface area contributed by atoms with Gasteiger partial charge in [0.15, 0.2) is 0 Å². The Balaban J connectivity index is 1.05. The van der Waals surface area contributed by atoms with Crippen LogP contribution in [0.1, 0.15) is 44.5 Å². The molecule has 378 valence electrons. The molecule has 0 N–H and O–H groups in total. The van der Waals surface area contributed by atoms with E-state index in [1.165, 1.54) is 111 Å². The van der Waals surface area contributed by atoms with Crippen LogP contribution in [0.4, 0.5) is 0 Å². The lowest BCUT2D eigenvalue weighted by Gasteiger charge is -2.39. The molecule has 13 rings (SSSR count). The highest BCUT2D eigenvalue weighted by Crippen LogP contribution is 2.50. The van der Waals surface area contributed by atoms with E-state index < -0.39 is 10.8 Å². The lowest BCUT2D eigenvalue weighted by molar-refractivity contribution is 0.728. The number of rotatable bonds is 14. The van der Waals surface area contributed by atoms with Crippen molar-refractivity contribution in [2.24, 2.45) is 0 Å². The first kappa shape index (κ1) is 49.4. The smallest absolute Gasteiger partial charge is 0.0622 e. The highest BCUT2D eigenvalue weighted by Gasteiger charge is 2.42. The molecule has 0 aromatic heterocycles. The van der Waals surface area contributed by atoms with Crippen LogP contribution in [0.2, 0.25) is 0 Å². The fourth-order valence-electron chi connectivity index (χ4n) is 12.2. The van der Waals surface area contributed by atoms with Gasteiger partial charge < -0.3 is 0 Å². The van der Waals surface area contributed by atoms with Gasteiger partial charge in [0.05, 0.1) is 10.8 Å². The van der Waals surface area contributed by atoms with Crippen LogP contribution in [0.25, 0.3) is 66.8 Å². The zero-order chi connectivity index (χ0) is 53.6. The Labute approximate surface area is 471 Å². The molecule has 0 aliphatic heterocycles. The van der Waals surface area contributed by atoms with Gasteiger partial charge in [0.25, 0.3) is 0 Å². The monoisotopic (exact) mass is 1020 g/mol. The third-order valence-corrected chi connectivity index (χ3v) is 16.3. The maximum absolute atomic E-state index is 2.42. The lowest BCUT2D eigenvalue weighted by Crippen LogP contribution is -2.33. The highest BCUT2D eigenvalue weighted by molar-refractivity contribution is 5.74. The Bertz CT molecular complexity index is 3400. The second-order valence-electron chi connectivity index (χ2n) is 20.7. The first-order chi connectivity index (χ1) is 39.6. The molecule has 0 spiro atoms. The summed E-state index contributed by atoms with van der Waals surface area (Å²) in [6.45, 7) is 0. The minimum absolute atomic E-state index is 0.743. The Morgan fingerprint density at radius 1 is 0.100 bits per heavy atom. The van der Waals surface area contributed by atoms with Crippen molar-refractivity contribution in [2.75, 3.05) is 0 Å². The van der Waals surface area contributed by atoms with Gasteiger partial charge in [0.1, 0.15) is 0 Å². The molecule has 0 heterocycles. The maximum atomic E-state index is 2.42. The zero-order valence-corrected chi connectivity index (χ0v) is 44.5. The Hall–Kier alpha value is -10.1. The summed E-state index contributed by atoms with van der Waals surface area (Å²) in [5.41, 5.74) is 22.1. The molecule has 80 heavy (non-hydrogen) atoms. The van der Waals surface area contributed by atoms with Crippen molar-refractivity contribution in [3.05, 3.63) is 396 Å². The summed E-state index contributed by atoms with van der Waals surface area (Å²) in [6, 6.07) is 130. The van der Waals surface area contributed by atoms with E-state index in [9.17, 15) is 0 Å². The first-order valence-corrected chi connectivity index (χ1v) is 27.7. The van der Waals surface area contributed by atoms with Crippen molar-refractivity contribution in [2.45, 2.75) is 10.8 Å². The van der Waals surface area contributed by atoms with Crippen LogP contribution in [-0.4, -0.2) is 0 Å². The molecule has 0 bridgehead atoms. The topological polar surface area (TPSA) is 0 Å². The average Bonchev–Trinajstić information content (AvgIpc) is 3.71. The fraction of sp³-hybridized carbons (Fsp3) is 0.0250. The van der Waals surface area contributed by atoms with Gasteiger partial charge in [0.2, 0.25) is 0 Å². The fourth-order valence-corrected chi connectivity index (χ4v) is 12.2. The third-order valence-electron chi connectivity index (χ3n) is 16.3.